The molecular weight excluding hydrogens is 256 g/mol. The minimum absolute atomic E-state index is 0.0239. The van der Waals surface area contributed by atoms with Crippen LogP contribution in [0.1, 0.15) is 22.7 Å². The maximum Gasteiger partial charge on any atom is 0.0650 e. The van der Waals surface area contributed by atoms with Gasteiger partial charge in [-0.15, -0.1) is 0 Å². The molecule has 100 valence electrons. The number of benzene rings is 2. The molecule has 0 saturated heterocycles. The van der Waals surface area contributed by atoms with Crippen LogP contribution in [-0.2, 0) is 0 Å². The summed E-state index contributed by atoms with van der Waals surface area (Å²) in [6.07, 6.45) is 0. The molecule has 0 aliphatic heterocycles. The molecule has 2 aromatic carbocycles. The van der Waals surface area contributed by atoms with Crippen molar-refractivity contribution >= 4 is 17.3 Å². The highest BCUT2D eigenvalue weighted by atomic mass is 35.5. The number of halogens is 1. The van der Waals surface area contributed by atoms with Crippen molar-refractivity contribution < 1.29 is 0 Å². The van der Waals surface area contributed by atoms with Crippen molar-refractivity contribution in [3.8, 4) is 0 Å². The zero-order valence-corrected chi connectivity index (χ0v) is 12.0. The minimum atomic E-state index is 0.0239. The molecule has 19 heavy (non-hydrogen) atoms. The summed E-state index contributed by atoms with van der Waals surface area (Å²) in [7, 11) is 0. The topological polar surface area (TPSA) is 38.0 Å². The zero-order chi connectivity index (χ0) is 13.8. The van der Waals surface area contributed by atoms with Crippen LogP contribution in [0.2, 0.25) is 5.02 Å². The van der Waals surface area contributed by atoms with E-state index in [1.165, 1.54) is 11.1 Å². The van der Waals surface area contributed by atoms with Gasteiger partial charge >= 0.3 is 0 Å². The summed E-state index contributed by atoms with van der Waals surface area (Å²) in [6.45, 7) is 4.71. The van der Waals surface area contributed by atoms with Crippen molar-refractivity contribution in [1.82, 2.24) is 0 Å². The van der Waals surface area contributed by atoms with E-state index < -0.39 is 0 Å². The molecule has 0 radical (unpaired) electrons. The highest BCUT2D eigenvalue weighted by Gasteiger charge is 2.12. The predicted octanol–water partition coefficient (Wildman–Crippen LogP) is 4.07. The van der Waals surface area contributed by atoms with Gasteiger partial charge in [-0.2, -0.15) is 0 Å². The molecule has 0 aliphatic rings. The van der Waals surface area contributed by atoms with Gasteiger partial charge in [-0.05, 0) is 48.7 Å². The van der Waals surface area contributed by atoms with Crippen LogP contribution in [0.25, 0.3) is 0 Å². The van der Waals surface area contributed by atoms with E-state index in [9.17, 15) is 0 Å². The van der Waals surface area contributed by atoms with E-state index in [0.717, 1.165) is 16.3 Å². The summed E-state index contributed by atoms with van der Waals surface area (Å²) in [5.41, 5.74) is 10.5. The van der Waals surface area contributed by atoms with Gasteiger partial charge < -0.3 is 11.1 Å². The molecule has 3 N–H and O–H groups in total. The van der Waals surface area contributed by atoms with E-state index in [1.807, 2.05) is 24.3 Å². The van der Waals surface area contributed by atoms with E-state index >= 15 is 0 Å². The van der Waals surface area contributed by atoms with Crippen LogP contribution < -0.4 is 11.1 Å². The number of hydrogen-bond acceptors (Lipinski definition) is 2. The van der Waals surface area contributed by atoms with Crippen LogP contribution in [0.3, 0.4) is 0 Å². The first kappa shape index (κ1) is 13.9. The summed E-state index contributed by atoms with van der Waals surface area (Å²) >= 11 is 6.22. The molecule has 0 amide bonds. The predicted molar refractivity (Wildman–Crippen MR) is 82.8 cm³/mol. The molecule has 0 heterocycles. The highest BCUT2D eigenvalue weighted by Crippen LogP contribution is 2.26. The maximum atomic E-state index is 6.22. The van der Waals surface area contributed by atoms with Gasteiger partial charge in [0.25, 0.3) is 0 Å². The van der Waals surface area contributed by atoms with Gasteiger partial charge in [0, 0.05) is 17.3 Å². The minimum Gasteiger partial charge on any atom is -0.377 e. The Morgan fingerprint density at radius 2 is 1.84 bits per heavy atom. The quantitative estimate of drug-likeness (QED) is 0.882. The number of hydrogen-bond donors (Lipinski definition) is 2. The van der Waals surface area contributed by atoms with Gasteiger partial charge in [0.2, 0.25) is 0 Å². The molecule has 0 aliphatic carbocycles. The van der Waals surface area contributed by atoms with Crippen molar-refractivity contribution in [2.45, 2.75) is 19.9 Å². The fourth-order valence-corrected chi connectivity index (χ4v) is 2.32. The smallest absolute Gasteiger partial charge is 0.0650 e. The van der Waals surface area contributed by atoms with E-state index in [1.54, 1.807) is 0 Å². The van der Waals surface area contributed by atoms with E-state index in [2.05, 4.69) is 37.4 Å². The molecule has 0 fully saturated rings. The van der Waals surface area contributed by atoms with Crippen LogP contribution in [0.15, 0.2) is 42.5 Å². The van der Waals surface area contributed by atoms with E-state index in [0.29, 0.717) is 6.54 Å². The Bertz CT molecular complexity index is 566. The standard InChI is InChI=1S/C16H19ClN2/c1-11-7-8-13(9-12(11)2)19-16(10-18)14-5-3-4-6-15(14)17/h3-9,16,19H,10,18H2,1-2H3. The summed E-state index contributed by atoms with van der Waals surface area (Å²) in [4.78, 5) is 0. The van der Waals surface area contributed by atoms with Crippen LogP contribution >= 0.6 is 11.6 Å². The van der Waals surface area contributed by atoms with Gasteiger partial charge in [-0.25, -0.2) is 0 Å². The van der Waals surface area contributed by atoms with Gasteiger partial charge in [0.05, 0.1) is 6.04 Å². The first-order chi connectivity index (χ1) is 9.11. The van der Waals surface area contributed by atoms with E-state index in [-0.39, 0.29) is 6.04 Å². The molecule has 2 aromatic rings. The zero-order valence-electron chi connectivity index (χ0n) is 11.3. The van der Waals surface area contributed by atoms with Crippen LogP contribution in [0.5, 0.6) is 0 Å². The number of nitrogens with one attached hydrogen (secondary N) is 1. The number of rotatable bonds is 4. The Labute approximate surface area is 119 Å². The summed E-state index contributed by atoms with van der Waals surface area (Å²) in [5, 5.41) is 4.19. The van der Waals surface area contributed by atoms with Crippen molar-refractivity contribution in [2.24, 2.45) is 5.73 Å². The van der Waals surface area contributed by atoms with Gasteiger partial charge in [-0.1, -0.05) is 35.9 Å². The molecule has 0 bridgehead atoms. The van der Waals surface area contributed by atoms with Gasteiger partial charge in [-0.3, -0.25) is 0 Å². The fourth-order valence-electron chi connectivity index (χ4n) is 2.05. The Morgan fingerprint density at radius 1 is 1.11 bits per heavy atom. The fraction of sp³-hybridized carbons (Fsp3) is 0.250. The molecule has 3 heteroatoms. The van der Waals surface area contributed by atoms with E-state index in [4.69, 9.17) is 17.3 Å². The monoisotopic (exact) mass is 274 g/mol. The second-order valence-electron chi connectivity index (χ2n) is 4.75. The first-order valence-electron chi connectivity index (χ1n) is 6.40. The average Bonchev–Trinajstić information content (AvgIpc) is 2.41. The van der Waals surface area contributed by atoms with Crippen LogP contribution in [0.4, 0.5) is 5.69 Å². The Balaban J connectivity index is 2.24. The number of aryl methyl sites for hydroxylation is 2. The number of nitrogens with two attached hydrogens (primary N) is 1. The first-order valence-corrected chi connectivity index (χ1v) is 6.78. The lowest BCUT2D eigenvalue weighted by atomic mass is 10.1. The molecule has 0 saturated carbocycles. The SMILES string of the molecule is Cc1ccc(NC(CN)c2ccccc2Cl)cc1C. The van der Waals surface area contributed by atoms with Crippen molar-refractivity contribution in [3.05, 3.63) is 64.2 Å². The average molecular weight is 275 g/mol. The second kappa shape index (κ2) is 6.09. The van der Waals surface area contributed by atoms with Crippen molar-refractivity contribution in [3.63, 3.8) is 0 Å². The van der Waals surface area contributed by atoms with Crippen molar-refractivity contribution in [1.29, 1.82) is 0 Å². The van der Waals surface area contributed by atoms with Crippen LogP contribution in [-0.4, -0.2) is 6.54 Å². The largest absolute Gasteiger partial charge is 0.377 e. The third-order valence-corrected chi connectivity index (χ3v) is 3.71. The Morgan fingerprint density at radius 3 is 2.47 bits per heavy atom. The number of anilines is 1. The van der Waals surface area contributed by atoms with Gasteiger partial charge in [0.15, 0.2) is 0 Å². The second-order valence-corrected chi connectivity index (χ2v) is 5.16. The highest BCUT2D eigenvalue weighted by molar-refractivity contribution is 6.31. The summed E-state index contributed by atoms with van der Waals surface area (Å²) in [6, 6.07) is 14.1. The molecule has 2 nitrogen and oxygen atoms in total. The molecule has 1 atom stereocenters. The lowest BCUT2D eigenvalue weighted by Crippen LogP contribution is -2.21. The lowest BCUT2D eigenvalue weighted by Gasteiger charge is -2.20. The normalized spacial score (nSPS) is 12.2. The molecule has 0 spiro atoms. The van der Waals surface area contributed by atoms with Crippen LogP contribution in [0, 0.1) is 13.8 Å². The lowest BCUT2D eigenvalue weighted by molar-refractivity contribution is 0.790. The molecular formula is C16H19ClN2. The Hall–Kier alpha value is -1.51. The molecule has 0 aromatic heterocycles. The maximum absolute atomic E-state index is 6.22. The van der Waals surface area contributed by atoms with Crippen molar-refractivity contribution in [2.75, 3.05) is 11.9 Å². The molecule has 1 unspecified atom stereocenters. The Kier molecular flexibility index (Phi) is 4.46. The molecule has 2 rings (SSSR count). The summed E-state index contributed by atoms with van der Waals surface area (Å²) < 4.78 is 0. The third-order valence-electron chi connectivity index (χ3n) is 3.36. The third kappa shape index (κ3) is 3.28. The summed E-state index contributed by atoms with van der Waals surface area (Å²) in [5.74, 6) is 0. The van der Waals surface area contributed by atoms with Gasteiger partial charge in [0.1, 0.15) is 0 Å².